The third kappa shape index (κ3) is 16.5. The first-order chi connectivity index (χ1) is 28.1. The molecule has 0 radical (unpaired) electrons. The molecule has 0 aromatic heterocycles. The summed E-state index contributed by atoms with van der Waals surface area (Å²) in [7, 11) is 0. The number of quaternary nitrogens is 3. The van der Waals surface area contributed by atoms with E-state index in [1.165, 1.54) is 167 Å². The Hall–Kier alpha value is -6.25. The third-order valence-corrected chi connectivity index (χ3v) is 17.3. The number of rotatable bonds is 12. The van der Waals surface area contributed by atoms with E-state index in [0.717, 1.165) is 0 Å². The van der Waals surface area contributed by atoms with Crippen molar-refractivity contribution in [1.29, 1.82) is 78.9 Å². The van der Waals surface area contributed by atoms with Gasteiger partial charge in [-0.1, -0.05) is 0 Å². The minimum absolute atomic E-state index is 1.21. The molecule has 0 aromatic carbocycles. The molecule has 0 heterocycles. The zero-order chi connectivity index (χ0) is 48.9. The number of nitriles is 15. The van der Waals surface area contributed by atoms with E-state index in [1.54, 1.807) is 0 Å². The van der Waals surface area contributed by atoms with Crippen molar-refractivity contribution in [3.8, 4) is 75.1 Å². The molecule has 0 aliphatic carbocycles. The summed E-state index contributed by atoms with van der Waals surface area (Å²) in [6.45, 7) is 42.7. The second-order valence-electron chi connectivity index (χ2n) is 11.4. The molecule has 0 bridgehead atoms. The van der Waals surface area contributed by atoms with Gasteiger partial charge >= 0.3 is 189 Å². The molecule has 0 atom stereocenters. The van der Waals surface area contributed by atoms with E-state index in [0.29, 0.717) is 0 Å². The van der Waals surface area contributed by atoms with E-state index in [-0.39, 0.29) is 0 Å². The Bertz CT molecular complexity index is 1480. The van der Waals surface area contributed by atoms with Crippen molar-refractivity contribution in [2.75, 3.05) is 78.5 Å². The third-order valence-electron chi connectivity index (χ3n) is 10.3. The van der Waals surface area contributed by atoms with Crippen molar-refractivity contribution in [1.82, 2.24) is 0 Å². The molecule has 0 spiro atoms. The standard InChI is InChI=1S/3C8H20N.15CN.3Co/c3*1-5-9(6-2,7-3)8-4;15*1-2;;;/h3*5-8H2,1-4H3;;;;;;;;;;;;;;;;;;/q3*+1;;;;;;;;;;;;;;;;3*-2. The van der Waals surface area contributed by atoms with E-state index in [4.69, 9.17) is 78.9 Å². The van der Waals surface area contributed by atoms with Gasteiger partial charge in [-0.15, -0.1) is 0 Å². The van der Waals surface area contributed by atoms with Crippen LogP contribution in [0.3, 0.4) is 0 Å². The van der Waals surface area contributed by atoms with Gasteiger partial charge in [-0.2, -0.15) is 0 Å². The van der Waals surface area contributed by atoms with Crippen LogP contribution in [0.25, 0.3) is 0 Å². The van der Waals surface area contributed by atoms with E-state index in [9.17, 15) is 0 Å². The van der Waals surface area contributed by atoms with Gasteiger partial charge in [0.1, 0.15) is 0 Å². The first kappa shape index (κ1) is 65.6. The Balaban J connectivity index is -0.000000146. The maximum absolute atomic E-state index is 8.34. The quantitative estimate of drug-likeness (QED) is 0.206. The van der Waals surface area contributed by atoms with Crippen LogP contribution in [-0.2, 0) is 34.7 Å². The summed E-state index contributed by atoms with van der Waals surface area (Å²) in [6.07, 6.45) is 0. The second-order valence-corrected chi connectivity index (χ2v) is 22.7. The first-order valence-corrected chi connectivity index (χ1v) is 25.9. The van der Waals surface area contributed by atoms with Crippen molar-refractivity contribution in [3.05, 3.63) is 0 Å². The Morgan fingerprint density at radius 3 is 0.267 bits per heavy atom. The van der Waals surface area contributed by atoms with Crippen LogP contribution in [0.4, 0.5) is 0 Å². The Morgan fingerprint density at radius 2 is 0.267 bits per heavy atom. The number of hydrogen-bond donors (Lipinski definition) is 0. The maximum atomic E-state index is 8.34. The van der Waals surface area contributed by atoms with Gasteiger partial charge < -0.3 is 13.4 Å². The van der Waals surface area contributed by atoms with Gasteiger partial charge in [0.2, 0.25) is 0 Å². The van der Waals surface area contributed by atoms with Crippen molar-refractivity contribution in [3.63, 3.8) is 0 Å². The van der Waals surface area contributed by atoms with Gasteiger partial charge in [0, 0.05) is 0 Å². The van der Waals surface area contributed by atoms with Gasteiger partial charge in [0.05, 0.1) is 78.5 Å². The Labute approximate surface area is 361 Å². The van der Waals surface area contributed by atoms with Crippen LogP contribution in [0.15, 0.2) is 0 Å². The average molecular weight is 958 g/mol. The summed E-state index contributed by atoms with van der Waals surface area (Å²) < 4.78 is 3.83. The fourth-order valence-electron chi connectivity index (χ4n) is 4.52. The summed E-state index contributed by atoms with van der Waals surface area (Å²) >= 11 is -13.9. The summed E-state index contributed by atoms with van der Waals surface area (Å²) in [5.41, 5.74) is 0. The summed E-state index contributed by atoms with van der Waals surface area (Å²) in [5, 5.41) is 143. The summed E-state index contributed by atoms with van der Waals surface area (Å²) in [5.74, 6) is 0. The number of hydrogen-bond acceptors (Lipinski definition) is 15. The number of nitrogens with zero attached hydrogens (tertiary/aromatic N) is 18. The molecule has 0 fully saturated rings. The van der Waals surface area contributed by atoms with Crippen LogP contribution in [0, 0.1) is 154 Å². The van der Waals surface area contributed by atoms with Crippen LogP contribution in [0.5, 0.6) is 0 Å². The molecule has 0 saturated carbocycles. The summed E-state index contributed by atoms with van der Waals surface area (Å²) in [4.78, 5) is 0. The molecule has 0 unspecified atom stereocenters. The topological polar surface area (TPSA) is 357 Å². The van der Waals surface area contributed by atoms with Gasteiger partial charge in [-0.05, 0) is 83.1 Å². The normalized spacial score (nSPS) is 11.7. The van der Waals surface area contributed by atoms with Crippen molar-refractivity contribution in [2.45, 2.75) is 83.1 Å². The molecule has 0 rings (SSSR count). The van der Waals surface area contributed by atoms with Gasteiger partial charge in [-0.3, -0.25) is 0 Å². The zero-order valence-electron chi connectivity index (χ0n) is 37.0. The van der Waals surface area contributed by atoms with Gasteiger partial charge in [0.25, 0.3) is 0 Å². The van der Waals surface area contributed by atoms with E-state index >= 15 is 0 Å². The first-order valence-electron chi connectivity index (χ1n) is 18.1. The predicted molar refractivity (Wildman–Crippen MR) is 211 cm³/mol. The predicted octanol–water partition coefficient (Wildman–Crippen LogP) is 5.89. The van der Waals surface area contributed by atoms with Crippen LogP contribution in [0.1, 0.15) is 83.1 Å². The van der Waals surface area contributed by atoms with Gasteiger partial charge in [0.15, 0.2) is 0 Å². The monoisotopic (exact) mass is 957 g/mol. The minimum atomic E-state index is -4.63. The Morgan fingerprint density at radius 1 is 0.200 bits per heavy atom. The van der Waals surface area contributed by atoms with Gasteiger partial charge in [-0.25, -0.2) is 0 Å². The fourth-order valence-corrected chi connectivity index (χ4v) is 6.09. The van der Waals surface area contributed by atoms with E-state index < -0.39 is 34.7 Å². The van der Waals surface area contributed by atoms with Crippen LogP contribution < -0.4 is 0 Å². The van der Waals surface area contributed by atoms with E-state index in [1.807, 2.05) is 0 Å². The Kier molecular flexibility index (Phi) is 32.7. The fraction of sp³-hybridized carbons (Fsp3) is 0.615. The molecular weight excluding hydrogens is 897 g/mol. The molecule has 0 N–H and O–H groups in total. The summed E-state index contributed by atoms with van der Waals surface area (Å²) in [6, 6.07) is 0. The molecule has 60 heavy (non-hydrogen) atoms. The zero-order valence-corrected chi connectivity index (χ0v) is 40.2. The van der Waals surface area contributed by atoms with Crippen LogP contribution in [-0.4, -0.2) is 92.0 Å². The molecule has 0 saturated heterocycles. The molecule has 0 amide bonds. The van der Waals surface area contributed by atoms with Crippen LogP contribution in [0.2, 0.25) is 0 Å². The molecule has 336 valence electrons. The second kappa shape index (κ2) is 29.9. The van der Waals surface area contributed by atoms with Crippen molar-refractivity contribution < 1.29 is 48.2 Å². The molecule has 0 aromatic rings. The molecular formula is C39H60Co3N18-3. The SMILES string of the molecule is CC[N+](CC)(CC)CC.CC[N+](CC)(CC)CC.CC[N+](CC)(CC)CC.N#[C][Co-2]([C]#N)([C]#N)([C]#N)[C]#N.N#[C][Co-2]([C]#N)([C]#N)([C]#N)[C]#N.N#[C][Co-2]([C]#N)([C]#N)([C]#N)[C]#N. The molecule has 0 aliphatic rings. The van der Waals surface area contributed by atoms with Crippen molar-refractivity contribution in [2.24, 2.45) is 0 Å². The van der Waals surface area contributed by atoms with Crippen molar-refractivity contribution >= 4 is 0 Å². The van der Waals surface area contributed by atoms with Crippen LogP contribution >= 0.6 is 0 Å². The molecule has 0 aliphatic heterocycles. The molecule has 18 nitrogen and oxygen atoms in total. The van der Waals surface area contributed by atoms with E-state index in [2.05, 4.69) is 83.1 Å². The average Bonchev–Trinajstić information content (AvgIpc) is 3.34. The molecule has 21 heteroatoms.